The molecule has 0 aromatic carbocycles. The van der Waals surface area contributed by atoms with E-state index < -0.39 is 0 Å². The molecule has 0 radical (unpaired) electrons. The molecule has 1 saturated heterocycles. The summed E-state index contributed by atoms with van der Waals surface area (Å²) in [5, 5.41) is 0. The first-order valence-electron chi connectivity index (χ1n) is 6.09. The lowest BCUT2D eigenvalue weighted by Gasteiger charge is -2.23. The predicted molar refractivity (Wildman–Crippen MR) is 66.5 cm³/mol. The Labute approximate surface area is 99.2 Å². The van der Waals surface area contributed by atoms with Crippen LogP contribution in [0.4, 0.5) is 0 Å². The van der Waals surface area contributed by atoms with Gasteiger partial charge in [-0.2, -0.15) is 0 Å². The summed E-state index contributed by atoms with van der Waals surface area (Å²) < 4.78 is 0. The second-order valence-electron chi connectivity index (χ2n) is 5.09. The molecule has 0 aromatic rings. The van der Waals surface area contributed by atoms with E-state index in [4.69, 9.17) is 0 Å². The molecule has 0 saturated carbocycles. The summed E-state index contributed by atoms with van der Waals surface area (Å²) in [5.74, 6) is 0.183. The van der Waals surface area contributed by atoms with Crippen molar-refractivity contribution in [1.82, 2.24) is 14.7 Å². The Kier molecular flexibility index (Phi) is 5.22. The summed E-state index contributed by atoms with van der Waals surface area (Å²) in [5.41, 5.74) is 0. The summed E-state index contributed by atoms with van der Waals surface area (Å²) in [6.07, 6.45) is 3.81. The largest absolute Gasteiger partial charge is 0.348 e. The standard InChI is InChI=1S/C12H25N3O/c1-13(2)12(16)10-14(3)9-7-11-6-5-8-15(11)4/h11H,5-10H2,1-4H3. The van der Waals surface area contributed by atoms with Crippen molar-refractivity contribution in [1.29, 1.82) is 0 Å². The fourth-order valence-electron chi connectivity index (χ4n) is 2.16. The SMILES string of the molecule is CN(CCC1CCCN1C)CC(=O)N(C)C. The Morgan fingerprint density at radius 3 is 2.56 bits per heavy atom. The minimum absolute atomic E-state index is 0.183. The van der Waals surface area contributed by atoms with Crippen molar-refractivity contribution in [3.63, 3.8) is 0 Å². The van der Waals surface area contributed by atoms with Gasteiger partial charge in [0.1, 0.15) is 0 Å². The third-order valence-corrected chi connectivity index (χ3v) is 3.42. The number of likely N-dealkylation sites (tertiary alicyclic amines) is 1. The van der Waals surface area contributed by atoms with Crippen LogP contribution in [-0.2, 0) is 4.79 Å². The maximum Gasteiger partial charge on any atom is 0.236 e. The van der Waals surface area contributed by atoms with Gasteiger partial charge in [0.15, 0.2) is 0 Å². The Morgan fingerprint density at radius 2 is 2.06 bits per heavy atom. The van der Waals surface area contributed by atoms with E-state index in [9.17, 15) is 4.79 Å². The molecule has 1 rings (SSSR count). The molecule has 0 bridgehead atoms. The minimum atomic E-state index is 0.183. The van der Waals surface area contributed by atoms with E-state index in [2.05, 4.69) is 16.8 Å². The first-order chi connectivity index (χ1) is 7.50. The van der Waals surface area contributed by atoms with Crippen molar-refractivity contribution in [2.45, 2.75) is 25.3 Å². The lowest BCUT2D eigenvalue weighted by molar-refractivity contribution is -0.129. The fourth-order valence-corrected chi connectivity index (χ4v) is 2.16. The second-order valence-corrected chi connectivity index (χ2v) is 5.09. The summed E-state index contributed by atoms with van der Waals surface area (Å²) in [6, 6.07) is 0.719. The number of hydrogen-bond acceptors (Lipinski definition) is 3. The van der Waals surface area contributed by atoms with Gasteiger partial charge in [0.25, 0.3) is 0 Å². The summed E-state index contributed by atoms with van der Waals surface area (Å²) >= 11 is 0. The molecule has 1 unspecified atom stereocenters. The molecular formula is C12H25N3O. The number of nitrogens with zero attached hydrogens (tertiary/aromatic N) is 3. The number of carbonyl (C=O) groups is 1. The van der Waals surface area contributed by atoms with E-state index in [-0.39, 0.29) is 5.91 Å². The lowest BCUT2D eigenvalue weighted by Crippen LogP contribution is -2.36. The van der Waals surface area contributed by atoms with Gasteiger partial charge < -0.3 is 9.80 Å². The van der Waals surface area contributed by atoms with Gasteiger partial charge in [0, 0.05) is 20.1 Å². The molecule has 0 aliphatic carbocycles. The summed E-state index contributed by atoms with van der Waals surface area (Å²) in [7, 11) is 7.83. The number of amides is 1. The predicted octanol–water partition coefficient (Wildman–Crippen LogP) is 0.491. The van der Waals surface area contributed by atoms with Gasteiger partial charge >= 0.3 is 0 Å². The zero-order valence-electron chi connectivity index (χ0n) is 11.1. The Bertz CT molecular complexity index is 230. The Hall–Kier alpha value is -0.610. The van der Waals surface area contributed by atoms with Crippen LogP contribution in [0.1, 0.15) is 19.3 Å². The molecule has 4 nitrogen and oxygen atoms in total. The van der Waals surface area contributed by atoms with Crippen LogP contribution < -0.4 is 0 Å². The van der Waals surface area contributed by atoms with Gasteiger partial charge in [-0.1, -0.05) is 0 Å². The van der Waals surface area contributed by atoms with E-state index in [1.807, 2.05) is 7.05 Å². The summed E-state index contributed by atoms with van der Waals surface area (Å²) in [6.45, 7) is 2.77. The normalized spacial score (nSPS) is 21.7. The molecule has 1 aliphatic heterocycles. The molecule has 1 heterocycles. The van der Waals surface area contributed by atoms with Gasteiger partial charge in [-0.05, 0) is 46.4 Å². The molecule has 1 amide bonds. The van der Waals surface area contributed by atoms with Crippen LogP contribution in [0.2, 0.25) is 0 Å². The van der Waals surface area contributed by atoms with E-state index in [0.29, 0.717) is 6.54 Å². The zero-order chi connectivity index (χ0) is 12.1. The van der Waals surface area contributed by atoms with Gasteiger partial charge in [0.2, 0.25) is 5.91 Å². The molecule has 0 spiro atoms. The minimum Gasteiger partial charge on any atom is -0.348 e. The highest BCUT2D eigenvalue weighted by atomic mass is 16.2. The highest BCUT2D eigenvalue weighted by molar-refractivity contribution is 5.77. The smallest absolute Gasteiger partial charge is 0.236 e. The Morgan fingerprint density at radius 1 is 1.38 bits per heavy atom. The monoisotopic (exact) mass is 227 g/mol. The van der Waals surface area contributed by atoms with Gasteiger partial charge in [-0.3, -0.25) is 9.69 Å². The van der Waals surface area contributed by atoms with Crippen molar-refractivity contribution >= 4 is 5.91 Å². The maximum absolute atomic E-state index is 11.5. The van der Waals surface area contributed by atoms with Crippen LogP contribution in [0.15, 0.2) is 0 Å². The first kappa shape index (κ1) is 13.5. The quantitative estimate of drug-likeness (QED) is 0.684. The van der Waals surface area contributed by atoms with E-state index >= 15 is 0 Å². The van der Waals surface area contributed by atoms with Crippen molar-refractivity contribution in [3.8, 4) is 0 Å². The maximum atomic E-state index is 11.5. The van der Waals surface area contributed by atoms with Crippen LogP contribution in [0, 0.1) is 0 Å². The third kappa shape index (κ3) is 4.10. The highest BCUT2D eigenvalue weighted by Crippen LogP contribution is 2.17. The van der Waals surface area contributed by atoms with Crippen molar-refractivity contribution in [2.75, 3.05) is 47.8 Å². The van der Waals surface area contributed by atoms with E-state index in [1.165, 1.54) is 25.8 Å². The molecule has 0 N–H and O–H groups in total. The number of likely N-dealkylation sites (N-methyl/N-ethyl adjacent to an activating group) is 2. The zero-order valence-corrected chi connectivity index (χ0v) is 11.1. The molecule has 0 aromatic heterocycles. The van der Waals surface area contributed by atoms with E-state index in [0.717, 1.165) is 12.6 Å². The molecule has 4 heteroatoms. The van der Waals surface area contributed by atoms with E-state index in [1.54, 1.807) is 19.0 Å². The molecule has 16 heavy (non-hydrogen) atoms. The Balaban J connectivity index is 2.19. The highest BCUT2D eigenvalue weighted by Gasteiger charge is 2.21. The third-order valence-electron chi connectivity index (χ3n) is 3.42. The molecule has 1 atom stereocenters. The van der Waals surface area contributed by atoms with Crippen LogP contribution in [0.25, 0.3) is 0 Å². The van der Waals surface area contributed by atoms with Crippen LogP contribution in [0.5, 0.6) is 0 Å². The number of rotatable bonds is 5. The average molecular weight is 227 g/mol. The first-order valence-corrected chi connectivity index (χ1v) is 6.09. The number of hydrogen-bond donors (Lipinski definition) is 0. The van der Waals surface area contributed by atoms with Crippen molar-refractivity contribution in [3.05, 3.63) is 0 Å². The second kappa shape index (κ2) is 6.21. The van der Waals surface area contributed by atoms with Crippen LogP contribution >= 0.6 is 0 Å². The van der Waals surface area contributed by atoms with Gasteiger partial charge in [0.05, 0.1) is 6.54 Å². The van der Waals surface area contributed by atoms with Crippen molar-refractivity contribution in [2.24, 2.45) is 0 Å². The van der Waals surface area contributed by atoms with Crippen LogP contribution in [-0.4, -0.2) is 74.5 Å². The number of carbonyl (C=O) groups excluding carboxylic acids is 1. The summed E-state index contributed by atoms with van der Waals surface area (Å²) in [4.78, 5) is 17.7. The molecule has 94 valence electrons. The average Bonchev–Trinajstić information content (AvgIpc) is 2.61. The topological polar surface area (TPSA) is 26.8 Å². The fraction of sp³-hybridized carbons (Fsp3) is 0.917. The molecular weight excluding hydrogens is 202 g/mol. The van der Waals surface area contributed by atoms with Gasteiger partial charge in [-0.25, -0.2) is 0 Å². The molecule has 1 aliphatic rings. The van der Waals surface area contributed by atoms with Crippen molar-refractivity contribution < 1.29 is 4.79 Å². The lowest BCUT2D eigenvalue weighted by atomic mass is 10.1. The van der Waals surface area contributed by atoms with Gasteiger partial charge in [-0.15, -0.1) is 0 Å². The molecule has 1 fully saturated rings. The van der Waals surface area contributed by atoms with Crippen LogP contribution in [0.3, 0.4) is 0 Å².